The first-order chi connectivity index (χ1) is 12.7. The van der Waals surface area contributed by atoms with Crippen molar-refractivity contribution in [2.75, 3.05) is 13.1 Å². The normalized spacial score (nSPS) is 13.5. The number of aromatic nitrogens is 2. The maximum absolute atomic E-state index is 13.1. The van der Waals surface area contributed by atoms with Crippen molar-refractivity contribution >= 4 is 5.96 Å². The fraction of sp³-hybridized carbons (Fsp3) is 0.474. The van der Waals surface area contributed by atoms with E-state index in [1.165, 1.54) is 24.4 Å². The molecular weight excluding hydrogens is 355 g/mol. The molecule has 2 aromatic rings. The van der Waals surface area contributed by atoms with Crippen molar-refractivity contribution in [1.29, 1.82) is 0 Å². The number of rotatable bonds is 6. The van der Waals surface area contributed by atoms with Crippen LogP contribution in [0, 0.1) is 6.92 Å². The quantitative estimate of drug-likeness (QED) is 0.594. The van der Waals surface area contributed by atoms with E-state index >= 15 is 0 Å². The Kier molecular flexibility index (Phi) is 6.87. The van der Waals surface area contributed by atoms with Crippen LogP contribution in [0.15, 0.2) is 35.5 Å². The van der Waals surface area contributed by atoms with Gasteiger partial charge in [0.2, 0.25) is 0 Å². The number of nitrogens with zero attached hydrogens (tertiary/aromatic N) is 3. The molecule has 0 saturated heterocycles. The van der Waals surface area contributed by atoms with E-state index in [1.54, 1.807) is 0 Å². The highest BCUT2D eigenvalue weighted by Gasteiger charge is 2.36. The third-order valence-electron chi connectivity index (χ3n) is 4.11. The Morgan fingerprint density at radius 2 is 2.04 bits per heavy atom. The van der Waals surface area contributed by atoms with Gasteiger partial charge in [0, 0.05) is 31.9 Å². The molecule has 0 saturated carbocycles. The lowest BCUT2D eigenvalue weighted by Crippen LogP contribution is -2.39. The summed E-state index contributed by atoms with van der Waals surface area (Å²) < 4.78 is 40.3. The lowest BCUT2D eigenvalue weighted by Gasteiger charge is -2.16. The first-order valence-corrected chi connectivity index (χ1v) is 8.89. The molecule has 5 nitrogen and oxygen atoms in total. The molecule has 1 aromatic heterocycles. The lowest BCUT2D eigenvalue weighted by atomic mass is 9.99. The van der Waals surface area contributed by atoms with Gasteiger partial charge in [0.05, 0.1) is 6.54 Å². The van der Waals surface area contributed by atoms with E-state index in [1.807, 2.05) is 26.0 Å². The number of hydrogen-bond acceptors (Lipinski definition) is 2. The van der Waals surface area contributed by atoms with Crippen LogP contribution in [0.3, 0.4) is 0 Å². The number of alkyl halides is 3. The molecule has 0 amide bonds. The second-order valence-corrected chi connectivity index (χ2v) is 6.57. The molecule has 0 aliphatic rings. The van der Waals surface area contributed by atoms with E-state index in [0.717, 1.165) is 4.68 Å². The van der Waals surface area contributed by atoms with Crippen molar-refractivity contribution in [3.8, 4) is 0 Å². The monoisotopic (exact) mass is 381 g/mol. The second kappa shape index (κ2) is 8.92. The van der Waals surface area contributed by atoms with Crippen LogP contribution in [0.5, 0.6) is 0 Å². The van der Waals surface area contributed by atoms with Crippen molar-refractivity contribution in [2.45, 2.75) is 39.4 Å². The van der Waals surface area contributed by atoms with Gasteiger partial charge in [-0.15, -0.1) is 0 Å². The first-order valence-electron chi connectivity index (χ1n) is 8.89. The highest BCUT2D eigenvalue weighted by molar-refractivity contribution is 5.79. The van der Waals surface area contributed by atoms with Crippen LogP contribution in [-0.4, -0.2) is 28.8 Å². The largest absolute Gasteiger partial charge is 0.435 e. The van der Waals surface area contributed by atoms with Crippen LogP contribution >= 0.6 is 0 Å². The fourth-order valence-electron chi connectivity index (χ4n) is 2.74. The molecule has 1 unspecified atom stereocenters. The fourth-order valence-corrected chi connectivity index (χ4v) is 2.74. The van der Waals surface area contributed by atoms with Crippen LogP contribution in [0.25, 0.3) is 0 Å². The van der Waals surface area contributed by atoms with E-state index in [4.69, 9.17) is 0 Å². The highest BCUT2D eigenvalue weighted by Crippen LogP contribution is 2.30. The van der Waals surface area contributed by atoms with Crippen LogP contribution < -0.4 is 10.6 Å². The Bertz CT molecular complexity index is 780. The second-order valence-electron chi connectivity index (χ2n) is 6.57. The molecular formula is C19H26F3N5. The Hall–Kier alpha value is -2.51. The predicted molar refractivity (Wildman–Crippen MR) is 101 cm³/mol. The number of halogens is 3. The Morgan fingerprint density at radius 1 is 1.30 bits per heavy atom. The summed E-state index contributed by atoms with van der Waals surface area (Å²) in [6.07, 6.45) is -3.14. The van der Waals surface area contributed by atoms with Gasteiger partial charge in [-0.1, -0.05) is 36.8 Å². The number of aliphatic imine (C=N–C) groups is 1. The van der Waals surface area contributed by atoms with Crippen LogP contribution in [0.1, 0.15) is 42.1 Å². The van der Waals surface area contributed by atoms with Crippen LogP contribution in [0.4, 0.5) is 13.2 Å². The lowest BCUT2D eigenvalue weighted by molar-refractivity contribution is -0.142. The van der Waals surface area contributed by atoms with Gasteiger partial charge < -0.3 is 10.6 Å². The first kappa shape index (κ1) is 20.8. The van der Waals surface area contributed by atoms with Crippen LogP contribution in [0.2, 0.25) is 0 Å². The maximum atomic E-state index is 13.1. The summed E-state index contributed by atoms with van der Waals surface area (Å²) in [6, 6.07) is 8.25. The summed E-state index contributed by atoms with van der Waals surface area (Å²) in [5.41, 5.74) is 1.55. The molecule has 0 spiro atoms. The van der Waals surface area contributed by atoms with Gasteiger partial charge in [-0.25, -0.2) is 4.99 Å². The average Bonchev–Trinajstić information content (AvgIpc) is 2.98. The van der Waals surface area contributed by atoms with Crippen molar-refractivity contribution in [3.05, 3.63) is 52.8 Å². The Balaban J connectivity index is 2.06. The Labute approximate surface area is 157 Å². The summed E-state index contributed by atoms with van der Waals surface area (Å²) in [7, 11) is 1.47. The van der Waals surface area contributed by atoms with Gasteiger partial charge in [-0.3, -0.25) is 4.68 Å². The standard InChI is InChI=1S/C19H26F3N5/c1-5-23-18(24-10-14(3)15-8-6-7-13(2)9-15)25-11-16-12-27(4)26-17(16)19(20,21)22/h6-9,12,14H,5,10-11H2,1-4H3,(H2,23,24,25). The molecule has 8 heteroatoms. The zero-order valence-electron chi connectivity index (χ0n) is 16.1. The molecule has 0 aliphatic carbocycles. The summed E-state index contributed by atoms with van der Waals surface area (Å²) in [6.45, 7) is 7.18. The van der Waals surface area contributed by atoms with Crippen molar-refractivity contribution in [2.24, 2.45) is 12.0 Å². The minimum atomic E-state index is -4.49. The van der Waals surface area contributed by atoms with Gasteiger partial charge in [0.25, 0.3) is 0 Å². The van der Waals surface area contributed by atoms with Gasteiger partial charge in [-0.05, 0) is 25.3 Å². The van der Waals surface area contributed by atoms with E-state index in [9.17, 15) is 13.2 Å². The van der Waals surface area contributed by atoms with Gasteiger partial charge in [0.15, 0.2) is 11.7 Å². The molecule has 2 rings (SSSR count). The molecule has 0 fully saturated rings. The molecule has 1 aromatic carbocycles. The number of benzene rings is 1. The van der Waals surface area contributed by atoms with Gasteiger partial charge >= 0.3 is 6.18 Å². The molecule has 2 N–H and O–H groups in total. The van der Waals surface area contributed by atoms with Gasteiger partial charge in [-0.2, -0.15) is 18.3 Å². The van der Waals surface area contributed by atoms with Crippen molar-refractivity contribution in [3.63, 3.8) is 0 Å². The van der Waals surface area contributed by atoms with Gasteiger partial charge in [0.1, 0.15) is 0 Å². The number of nitrogens with one attached hydrogen (secondary N) is 2. The smallest absolute Gasteiger partial charge is 0.357 e. The molecule has 0 radical (unpaired) electrons. The third-order valence-corrected chi connectivity index (χ3v) is 4.11. The number of hydrogen-bond donors (Lipinski definition) is 2. The van der Waals surface area contributed by atoms with E-state index in [0.29, 0.717) is 19.0 Å². The third kappa shape index (κ3) is 6.01. The summed E-state index contributed by atoms with van der Waals surface area (Å²) in [5, 5.41) is 9.78. The molecule has 1 heterocycles. The molecule has 0 bridgehead atoms. The summed E-state index contributed by atoms with van der Waals surface area (Å²) >= 11 is 0. The molecule has 0 aliphatic heterocycles. The minimum absolute atomic E-state index is 0.0499. The zero-order valence-corrected chi connectivity index (χ0v) is 16.1. The highest BCUT2D eigenvalue weighted by atomic mass is 19.4. The van der Waals surface area contributed by atoms with E-state index in [2.05, 4.69) is 39.8 Å². The van der Waals surface area contributed by atoms with Crippen molar-refractivity contribution < 1.29 is 13.2 Å². The summed E-state index contributed by atoms with van der Waals surface area (Å²) in [4.78, 5) is 4.30. The molecule has 148 valence electrons. The minimum Gasteiger partial charge on any atom is -0.357 e. The SMILES string of the molecule is CCNC(=NCc1cn(C)nc1C(F)(F)F)NCC(C)c1cccc(C)c1. The zero-order chi connectivity index (χ0) is 20.0. The predicted octanol–water partition coefficient (Wildman–Crippen LogP) is 3.61. The Morgan fingerprint density at radius 3 is 2.67 bits per heavy atom. The topological polar surface area (TPSA) is 54.2 Å². The number of aryl methyl sites for hydroxylation is 2. The number of guanidine groups is 1. The van der Waals surface area contributed by atoms with E-state index < -0.39 is 11.9 Å². The van der Waals surface area contributed by atoms with E-state index in [-0.39, 0.29) is 18.0 Å². The average molecular weight is 381 g/mol. The molecule has 27 heavy (non-hydrogen) atoms. The maximum Gasteiger partial charge on any atom is 0.435 e. The molecule has 1 atom stereocenters. The van der Waals surface area contributed by atoms with Crippen molar-refractivity contribution in [1.82, 2.24) is 20.4 Å². The van der Waals surface area contributed by atoms with Crippen LogP contribution in [-0.2, 0) is 19.8 Å². The summed E-state index contributed by atoms with van der Waals surface area (Å²) in [5.74, 6) is 0.715.